The minimum Gasteiger partial charge on any atom is -0.368 e. The number of rotatable bonds is 4. The second-order valence-corrected chi connectivity index (χ2v) is 6.49. The average molecular weight is 323 g/mol. The SMILES string of the molecule is Cc1ccc(N2CC(CNc3ncnc4cc(C)n(C)c34)C2)nn1. The third-order valence-electron chi connectivity index (χ3n) is 4.68. The molecular formula is C17H21N7. The summed E-state index contributed by atoms with van der Waals surface area (Å²) >= 11 is 0. The molecule has 4 rings (SSSR count). The van der Waals surface area contributed by atoms with Crippen LogP contribution in [0.2, 0.25) is 0 Å². The van der Waals surface area contributed by atoms with Gasteiger partial charge in [-0.05, 0) is 32.0 Å². The van der Waals surface area contributed by atoms with E-state index in [1.54, 1.807) is 6.33 Å². The molecule has 24 heavy (non-hydrogen) atoms. The van der Waals surface area contributed by atoms with Crippen LogP contribution in [0.25, 0.3) is 11.0 Å². The van der Waals surface area contributed by atoms with Crippen LogP contribution < -0.4 is 10.2 Å². The monoisotopic (exact) mass is 323 g/mol. The van der Waals surface area contributed by atoms with E-state index in [-0.39, 0.29) is 0 Å². The highest BCUT2D eigenvalue weighted by atomic mass is 15.3. The van der Waals surface area contributed by atoms with E-state index in [0.717, 1.165) is 48.0 Å². The smallest absolute Gasteiger partial charge is 0.154 e. The molecule has 7 nitrogen and oxygen atoms in total. The number of fused-ring (bicyclic) bond motifs is 1. The molecule has 0 radical (unpaired) electrons. The zero-order valence-corrected chi connectivity index (χ0v) is 14.2. The second-order valence-electron chi connectivity index (χ2n) is 6.49. The number of aryl methyl sites for hydroxylation is 3. The maximum atomic E-state index is 4.42. The summed E-state index contributed by atoms with van der Waals surface area (Å²) in [4.78, 5) is 11.0. The van der Waals surface area contributed by atoms with Crippen molar-refractivity contribution in [2.24, 2.45) is 13.0 Å². The Labute approximate surface area is 140 Å². The Morgan fingerprint density at radius 3 is 2.75 bits per heavy atom. The number of nitrogens with zero attached hydrogens (tertiary/aromatic N) is 6. The third-order valence-corrected chi connectivity index (χ3v) is 4.68. The molecule has 1 aliphatic rings. The summed E-state index contributed by atoms with van der Waals surface area (Å²) in [5.41, 5.74) is 4.18. The van der Waals surface area contributed by atoms with E-state index in [0.29, 0.717) is 5.92 Å². The van der Waals surface area contributed by atoms with Gasteiger partial charge < -0.3 is 14.8 Å². The highest BCUT2D eigenvalue weighted by Crippen LogP contribution is 2.25. The van der Waals surface area contributed by atoms with E-state index in [1.165, 1.54) is 5.69 Å². The Hall–Kier alpha value is -2.70. The largest absolute Gasteiger partial charge is 0.368 e. The van der Waals surface area contributed by atoms with Crippen LogP contribution in [0.5, 0.6) is 0 Å². The quantitative estimate of drug-likeness (QED) is 0.791. The molecule has 0 bridgehead atoms. The molecule has 1 saturated heterocycles. The summed E-state index contributed by atoms with van der Waals surface area (Å²) in [6, 6.07) is 6.12. The van der Waals surface area contributed by atoms with E-state index in [1.807, 2.05) is 26.1 Å². The molecule has 3 aromatic rings. The first-order valence-corrected chi connectivity index (χ1v) is 8.18. The van der Waals surface area contributed by atoms with Gasteiger partial charge in [-0.25, -0.2) is 9.97 Å². The number of hydrogen-bond donors (Lipinski definition) is 1. The summed E-state index contributed by atoms with van der Waals surface area (Å²) in [6.45, 7) is 6.91. The Balaban J connectivity index is 1.40. The molecule has 7 heteroatoms. The fraction of sp³-hybridized carbons (Fsp3) is 0.412. The maximum Gasteiger partial charge on any atom is 0.154 e. The van der Waals surface area contributed by atoms with Crippen LogP contribution in [0.4, 0.5) is 11.6 Å². The molecule has 0 spiro atoms. The van der Waals surface area contributed by atoms with Gasteiger partial charge in [0, 0.05) is 38.3 Å². The van der Waals surface area contributed by atoms with Gasteiger partial charge in [0.15, 0.2) is 11.6 Å². The van der Waals surface area contributed by atoms with Crippen molar-refractivity contribution in [1.82, 2.24) is 24.7 Å². The van der Waals surface area contributed by atoms with Crippen molar-refractivity contribution < 1.29 is 0 Å². The van der Waals surface area contributed by atoms with Crippen LogP contribution in [-0.2, 0) is 7.05 Å². The molecule has 1 fully saturated rings. The van der Waals surface area contributed by atoms with Gasteiger partial charge in [-0.2, -0.15) is 5.10 Å². The second kappa shape index (κ2) is 5.74. The van der Waals surface area contributed by atoms with Gasteiger partial charge >= 0.3 is 0 Å². The summed E-state index contributed by atoms with van der Waals surface area (Å²) in [5, 5.41) is 11.8. The molecule has 0 amide bonds. The van der Waals surface area contributed by atoms with Gasteiger partial charge in [-0.3, -0.25) is 0 Å². The highest BCUT2D eigenvalue weighted by molar-refractivity contribution is 5.87. The van der Waals surface area contributed by atoms with Crippen LogP contribution in [0.3, 0.4) is 0 Å². The van der Waals surface area contributed by atoms with E-state index in [4.69, 9.17) is 0 Å². The predicted octanol–water partition coefficient (Wildman–Crippen LogP) is 1.92. The van der Waals surface area contributed by atoms with Crippen LogP contribution in [-0.4, -0.2) is 44.4 Å². The molecule has 1 N–H and O–H groups in total. The van der Waals surface area contributed by atoms with Gasteiger partial charge in [0.1, 0.15) is 11.8 Å². The van der Waals surface area contributed by atoms with Gasteiger partial charge in [0.25, 0.3) is 0 Å². The molecule has 124 valence electrons. The molecule has 4 heterocycles. The molecule has 3 aromatic heterocycles. The van der Waals surface area contributed by atoms with Gasteiger partial charge in [-0.15, -0.1) is 5.10 Å². The van der Waals surface area contributed by atoms with Crippen LogP contribution >= 0.6 is 0 Å². The molecule has 0 atom stereocenters. The average Bonchev–Trinajstić information content (AvgIpc) is 2.83. The van der Waals surface area contributed by atoms with Crippen LogP contribution in [0, 0.1) is 19.8 Å². The lowest BCUT2D eigenvalue weighted by Gasteiger charge is -2.40. The van der Waals surface area contributed by atoms with Crippen molar-refractivity contribution >= 4 is 22.7 Å². The van der Waals surface area contributed by atoms with E-state index in [2.05, 4.69) is 47.9 Å². The van der Waals surface area contributed by atoms with Crippen molar-refractivity contribution in [2.45, 2.75) is 13.8 Å². The lowest BCUT2D eigenvalue weighted by atomic mass is 10.0. The predicted molar refractivity (Wildman–Crippen MR) is 94.2 cm³/mol. The van der Waals surface area contributed by atoms with Crippen molar-refractivity contribution in [2.75, 3.05) is 29.9 Å². The standard InChI is InChI=1S/C17H21N7/c1-11-4-5-15(22-21-11)24-8-13(9-24)7-18-17-16-14(19-10-20-17)6-12(2)23(16)3/h4-6,10,13H,7-9H2,1-3H3,(H,18,19,20). The Morgan fingerprint density at radius 2 is 2.00 bits per heavy atom. The normalized spacial score (nSPS) is 14.9. The van der Waals surface area contributed by atoms with E-state index in [9.17, 15) is 0 Å². The van der Waals surface area contributed by atoms with Gasteiger partial charge in [-0.1, -0.05) is 0 Å². The first-order valence-electron chi connectivity index (χ1n) is 8.18. The number of aromatic nitrogens is 5. The van der Waals surface area contributed by atoms with Crippen LogP contribution in [0.15, 0.2) is 24.5 Å². The Bertz CT molecular complexity index is 863. The number of hydrogen-bond acceptors (Lipinski definition) is 6. The first kappa shape index (κ1) is 14.9. The number of nitrogens with one attached hydrogen (secondary N) is 1. The molecule has 1 aliphatic heterocycles. The van der Waals surface area contributed by atoms with E-state index < -0.39 is 0 Å². The summed E-state index contributed by atoms with van der Waals surface area (Å²) in [6.07, 6.45) is 1.62. The topological polar surface area (TPSA) is 71.8 Å². The highest BCUT2D eigenvalue weighted by Gasteiger charge is 2.28. The summed E-state index contributed by atoms with van der Waals surface area (Å²) < 4.78 is 2.13. The lowest BCUT2D eigenvalue weighted by Crippen LogP contribution is -2.50. The zero-order chi connectivity index (χ0) is 16.7. The van der Waals surface area contributed by atoms with Gasteiger partial charge in [0.2, 0.25) is 0 Å². The minimum absolute atomic E-state index is 0.583. The molecule has 0 aromatic carbocycles. The Kier molecular flexibility index (Phi) is 3.55. The zero-order valence-electron chi connectivity index (χ0n) is 14.2. The van der Waals surface area contributed by atoms with Crippen molar-refractivity contribution in [3.63, 3.8) is 0 Å². The van der Waals surface area contributed by atoms with Crippen molar-refractivity contribution in [1.29, 1.82) is 0 Å². The molecule has 0 saturated carbocycles. The summed E-state index contributed by atoms with van der Waals surface area (Å²) in [5.74, 6) is 2.45. The summed E-state index contributed by atoms with van der Waals surface area (Å²) in [7, 11) is 2.05. The maximum absolute atomic E-state index is 4.42. The van der Waals surface area contributed by atoms with Crippen LogP contribution in [0.1, 0.15) is 11.4 Å². The third kappa shape index (κ3) is 2.55. The Morgan fingerprint density at radius 1 is 1.17 bits per heavy atom. The minimum atomic E-state index is 0.583. The van der Waals surface area contributed by atoms with Crippen molar-refractivity contribution in [3.05, 3.63) is 35.9 Å². The molecular weight excluding hydrogens is 302 g/mol. The van der Waals surface area contributed by atoms with E-state index >= 15 is 0 Å². The number of anilines is 2. The van der Waals surface area contributed by atoms with Gasteiger partial charge in [0.05, 0.1) is 11.2 Å². The van der Waals surface area contributed by atoms with Crippen molar-refractivity contribution in [3.8, 4) is 0 Å². The molecule has 0 unspecified atom stereocenters. The lowest BCUT2D eigenvalue weighted by molar-refractivity contribution is 0.425. The fourth-order valence-electron chi connectivity index (χ4n) is 3.12. The fourth-order valence-corrected chi connectivity index (χ4v) is 3.12. The molecule has 0 aliphatic carbocycles. The first-order chi connectivity index (χ1) is 11.6.